The lowest BCUT2D eigenvalue weighted by molar-refractivity contribution is -0.146. The van der Waals surface area contributed by atoms with Gasteiger partial charge in [0.05, 0.1) is 6.61 Å². The third-order valence-corrected chi connectivity index (χ3v) is 4.35. The molecule has 160 valence electrons. The van der Waals surface area contributed by atoms with Crippen molar-refractivity contribution >= 4 is 23.6 Å². The van der Waals surface area contributed by atoms with Gasteiger partial charge in [-0.05, 0) is 30.5 Å². The number of anilines is 1. The van der Waals surface area contributed by atoms with Gasteiger partial charge in [0, 0.05) is 24.5 Å². The lowest BCUT2D eigenvalue weighted by Gasteiger charge is -2.23. The van der Waals surface area contributed by atoms with Crippen molar-refractivity contribution in [3.8, 4) is 0 Å². The van der Waals surface area contributed by atoms with Gasteiger partial charge in [0.15, 0.2) is 0 Å². The number of hydrogen-bond donors (Lipinski definition) is 3. The van der Waals surface area contributed by atoms with Crippen molar-refractivity contribution in [2.45, 2.75) is 39.3 Å². The fraction of sp³-hybridized carbons (Fsp3) is 0.364. The Balaban J connectivity index is 2.11. The van der Waals surface area contributed by atoms with E-state index in [1.807, 2.05) is 30.3 Å². The molecule has 0 unspecified atom stereocenters. The molecule has 0 spiro atoms. The van der Waals surface area contributed by atoms with E-state index in [0.29, 0.717) is 5.69 Å². The van der Waals surface area contributed by atoms with E-state index in [2.05, 4.69) is 20.9 Å². The first-order valence-electron chi connectivity index (χ1n) is 9.89. The zero-order valence-electron chi connectivity index (χ0n) is 17.4. The Kier molecular flexibility index (Phi) is 8.80. The number of hydrogen-bond acceptors (Lipinski definition) is 5. The van der Waals surface area contributed by atoms with E-state index in [4.69, 9.17) is 4.74 Å². The molecule has 1 aromatic heterocycles. The molecule has 0 bridgehead atoms. The van der Waals surface area contributed by atoms with Gasteiger partial charge >= 0.3 is 12.0 Å². The number of carbonyl (C=O) groups excluding carboxylic acids is 3. The average Bonchev–Trinajstić information content (AvgIpc) is 2.73. The van der Waals surface area contributed by atoms with Gasteiger partial charge < -0.3 is 20.7 Å². The highest BCUT2D eigenvalue weighted by molar-refractivity contribution is 5.97. The summed E-state index contributed by atoms with van der Waals surface area (Å²) in [5.74, 6) is -1.06. The normalized spacial score (nSPS) is 12.5. The van der Waals surface area contributed by atoms with Crippen molar-refractivity contribution in [2.24, 2.45) is 5.92 Å². The summed E-state index contributed by atoms with van der Waals surface area (Å²) in [6, 6.07) is 10.4. The minimum atomic E-state index is -0.851. The quantitative estimate of drug-likeness (QED) is 0.548. The molecule has 3 amide bonds. The summed E-state index contributed by atoms with van der Waals surface area (Å²) >= 11 is 0. The van der Waals surface area contributed by atoms with Crippen LogP contribution in [0.25, 0.3) is 0 Å². The minimum Gasteiger partial charge on any atom is -0.464 e. The second-order valence-corrected chi connectivity index (χ2v) is 7.06. The summed E-state index contributed by atoms with van der Waals surface area (Å²) in [4.78, 5) is 41.5. The largest absolute Gasteiger partial charge is 0.464 e. The number of ether oxygens (including phenoxy) is 1. The van der Waals surface area contributed by atoms with Crippen molar-refractivity contribution in [2.75, 3.05) is 11.9 Å². The maximum atomic E-state index is 12.8. The molecule has 1 heterocycles. The molecule has 8 nitrogen and oxygen atoms in total. The Morgan fingerprint density at radius 3 is 2.27 bits per heavy atom. The maximum absolute atomic E-state index is 12.8. The van der Waals surface area contributed by atoms with Crippen LogP contribution in [0, 0.1) is 5.92 Å². The van der Waals surface area contributed by atoms with Gasteiger partial charge in [0.2, 0.25) is 5.91 Å². The molecule has 0 aliphatic carbocycles. The van der Waals surface area contributed by atoms with Gasteiger partial charge in [-0.3, -0.25) is 9.78 Å². The number of nitrogens with one attached hydrogen (secondary N) is 3. The number of amides is 3. The maximum Gasteiger partial charge on any atom is 0.328 e. The van der Waals surface area contributed by atoms with E-state index in [9.17, 15) is 14.4 Å². The number of urea groups is 1. The summed E-state index contributed by atoms with van der Waals surface area (Å²) < 4.78 is 5.03. The molecular weight excluding hydrogens is 384 g/mol. The van der Waals surface area contributed by atoms with Crippen LogP contribution in [0.2, 0.25) is 0 Å². The summed E-state index contributed by atoms with van der Waals surface area (Å²) in [5, 5.41) is 8.08. The Morgan fingerprint density at radius 1 is 1.00 bits per heavy atom. The highest BCUT2D eigenvalue weighted by Gasteiger charge is 2.28. The van der Waals surface area contributed by atoms with Gasteiger partial charge in [-0.2, -0.15) is 0 Å². The number of benzene rings is 1. The summed E-state index contributed by atoms with van der Waals surface area (Å²) in [7, 11) is 0. The van der Waals surface area contributed by atoms with Gasteiger partial charge in [0.1, 0.15) is 12.1 Å². The SMILES string of the molecule is CCOC(=O)[C@@H](NC(=O)N[C@@H](Cc1ccccc1)C(=O)Nc1ccncc1)C(C)C. The Hall–Kier alpha value is -3.42. The van der Waals surface area contributed by atoms with E-state index in [0.717, 1.165) is 5.56 Å². The third kappa shape index (κ3) is 7.20. The number of aromatic nitrogens is 1. The van der Waals surface area contributed by atoms with Crippen molar-refractivity contribution < 1.29 is 19.1 Å². The summed E-state index contributed by atoms with van der Waals surface area (Å²) in [6.07, 6.45) is 3.42. The molecule has 0 radical (unpaired) electrons. The minimum absolute atomic E-state index is 0.173. The van der Waals surface area contributed by atoms with E-state index < -0.39 is 24.1 Å². The van der Waals surface area contributed by atoms with Crippen molar-refractivity contribution in [1.82, 2.24) is 15.6 Å². The first kappa shape index (κ1) is 22.9. The second-order valence-electron chi connectivity index (χ2n) is 7.06. The van der Waals surface area contributed by atoms with Gasteiger partial charge in [-0.1, -0.05) is 44.2 Å². The first-order valence-corrected chi connectivity index (χ1v) is 9.89. The molecule has 2 rings (SSSR count). The first-order chi connectivity index (χ1) is 14.4. The Morgan fingerprint density at radius 2 is 1.67 bits per heavy atom. The van der Waals surface area contributed by atoms with Crippen LogP contribution < -0.4 is 16.0 Å². The van der Waals surface area contributed by atoms with E-state index >= 15 is 0 Å². The number of carbonyl (C=O) groups is 3. The smallest absolute Gasteiger partial charge is 0.328 e. The van der Waals surface area contributed by atoms with Gasteiger partial charge in [-0.15, -0.1) is 0 Å². The van der Waals surface area contributed by atoms with Crippen LogP contribution in [0.3, 0.4) is 0 Å². The lowest BCUT2D eigenvalue weighted by Crippen LogP contribution is -2.54. The monoisotopic (exact) mass is 412 g/mol. The zero-order chi connectivity index (χ0) is 21.9. The molecule has 8 heteroatoms. The van der Waals surface area contributed by atoms with Crippen LogP contribution in [0.1, 0.15) is 26.3 Å². The number of nitrogens with zero attached hydrogens (tertiary/aromatic N) is 1. The van der Waals surface area contributed by atoms with Crippen molar-refractivity contribution in [3.63, 3.8) is 0 Å². The lowest BCUT2D eigenvalue weighted by atomic mass is 10.0. The van der Waals surface area contributed by atoms with E-state index in [1.165, 1.54) is 0 Å². The molecule has 0 aliphatic rings. The van der Waals surface area contributed by atoms with Crippen LogP contribution in [0.4, 0.5) is 10.5 Å². The molecule has 2 atom stereocenters. The van der Waals surface area contributed by atoms with Crippen LogP contribution in [-0.2, 0) is 20.7 Å². The number of pyridine rings is 1. The van der Waals surface area contributed by atoms with E-state index in [-0.39, 0.29) is 24.9 Å². The van der Waals surface area contributed by atoms with Crippen LogP contribution >= 0.6 is 0 Å². The molecule has 0 saturated carbocycles. The summed E-state index contributed by atoms with van der Waals surface area (Å²) in [6.45, 7) is 5.53. The predicted molar refractivity (Wildman–Crippen MR) is 114 cm³/mol. The second kappa shape index (κ2) is 11.5. The van der Waals surface area contributed by atoms with Crippen molar-refractivity contribution in [3.05, 3.63) is 60.4 Å². The third-order valence-electron chi connectivity index (χ3n) is 4.35. The fourth-order valence-electron chi connectivity index (χ4n) is 2.79. The van der Waals surface area contributed by atoms with Crippen LogP contribution in [0.5, 0.6) is 0 Å². The highest BCUT2D eigenvalue weighted by atomic mass is 16.5. The molecular formula is C22H28N4O4. The van der Waals surface area contributed by atoms with Crippen LogP contribution in [0.15, 0.2) is 54.9 Å². The van der Waals surface area contributed by atoms with Gasteiger partial charge in [-0.25, -0.2) is 9.59 Å². The van der Waals surface area contributed by atoms with Crippen molar-refractivity contribution in [1.29, 1.82) is 0 Å². The Labute approximate surface area is 176 Å². The van der Waals surface area contributed by atoms with E-state index in [1.54, 1.807) is 45.3 Å². The zero-order valence-corrected chi connectivity index (χ0v) is 17.4. The standard InChI is InChI=1S/C22H28N4O4/c1-4-30-21(28)19(15(2)3)26-22(29)25-18(14-16-8-6-5-7-9-16)20(27)24-17-10-12-23-13-11-17/h5-13,15,18-19H,4,14H2,1-3H3,(H,23,24,27)(H2,25,26,29)/t18-,19-/m0/s1. The molecule has 30 heavy (non-hydrogen) atoms. The highest BCUT2D eigenvalue weighted by Crippen LogP contribution is 2.09. The molecule has 0 saturated heterocycles. The topological polar surface area (TPSA) is 109 Å². The molecule has 0 aliphatic heterocycles. The summed E-state index contributed by atoms with van der Waals surface area (Å²) in [5.41, 5.74) is 1.46. The Bertz CT molecular complexity index is 828. The number of rotatable bonds is 9. The number of esters is 1. The predicted octanol–water partition coefficient (Wildman–Crippen LogP) is 2.52. The molecule has 0 fully saturated rings. The van der Waals surface area contributed by atoms with Gasteiger partial charge in [0.25, 0.3) is 0 Å². The molecule has 3 N–H and O–H groups in total. The fourth-order valence-corrected chi connectivity index (χ4v) is 2.79. The van der Waals surface area contributed by atoms with Crippen LogP contribution in [-0.4, -0.2) is 41.6 Å². The molecule has 1 aromatic carbocycles. The average molecular weight is 412 g/mol. The molecule has 2 aromatic rings.